The summed E-state index contributed by atoms with van der Waals surface area (Å²) in [6, 6.07) is 8.24. The van der Waals surface area contributed by atoms with Crippen molar-refractivity contribution in [2.45, 2.75) is 43.9 Å². The zero-order chi connectivity index (χ0) is 21.0. The third-order valence-corrected chi connectivity index (χ3v) is 6.59. The Balaban J connectivity index is 1.82. The van der Waals surface area contributed by atoms with Gasteiger partial charge in [0.15, 0.2) is 0 Å². The first-order chi connectivity index (χ1) is 14.0. The number of hydrogen-bond acceptors (Lipinski definition) is 5. The van der Waals surface area contributed by atoms with Gasteiger partial charge in [-0.25, -0.2) is 13.1 Å². The highest BCUT2D eigenvalue weighted by Crippen LogP contribution is 2.08. The third-order valence-electron chi connectivity index (χ3n) is 5.11. The second-order valence-corrected chi connectivity index (χ2v) is 9.12. The molecular formula is C21H35N3O4S. The van der Waals surface area contributed by atoms with Crippen molar-refractivity contribution in [3.05, 3.63) is 30.3 Å². The Morgan fingerprint density at radius 2 is 1.83 bits per heavy atom. The van der Waals surface area contributed by atoms with E-state index in [1.807, 2.05) is 4.90 Å². The molecule has 0 radical (unpaired) electrons. The maximum Gasteiger partial charge on any atom is 0.240 e. The molecule has 1 amide bonds. The van der Waals surface area contributed by atoms with Crippen molar-refractivity contribution in [1.29, 1.82) is 0 Å². The monoisotopic (exact) mass is 425 g/mol. The van der Waals surface area contributed by atoms with Crippen molar-refractivity contribution in [1.82, 2.24) is 14.5 Å². The summed E-state index contributed by atoms with van der Waals surface area (Å²) in [5.41, 5.74) is 0. The first kappa shape index (κ1) is 23.8. The van der Waals surface area contributed by atoms with Crippen LogP contribution in [0.3, 0.4) is 0 Å². The zero-order valence-electron chi connectivity index (χ0n) is 17.5. The van der Waals surface area contributed by atoms with Gasteiger partial charge < -0.3 is 9.64 Å². The number of amides is 1. The Kier molecular flexibility index (Phi) is 10.6. The van der Waals surface area contributed by atoms with Gasteiger partial charge in [-0.3, -0.25) is 9.69 Å². The summed E-state index contributed by atoms with van der Waals surface area (Å²) < 4.78 is 32.5. The summed E-state index contributed by atoms with van der Waals surface area (Å²) in [7, 11) is -3.58. The fourth-order valence-electron chi connectivity index (χ4n) is 3.31. The number of sulfonamides is 1. The van der Waals surface area contributed by atoms with Crippen molar-refractivity contribution >= 4 is 15.9 Å². The highest BCUT2D eigenvalue weighted by molar-refractivity contribution is 7.89. The average Bonchev–Trinajstić information content (AvgIpc) is 2.74. The Morgan fingerprint density at radius 3 is 2.52 bits per heavy atom. The number of rotatable bonds is 13. The largest absolute Gasteiger partial charge is 0.379 e. The van der Waals surface area contributed by atoms with Crippen molar-refractivity contribution in [2.24, 2.45) is 0 Å². The minimum Gasteiger partial charge on any atom is -0.379 e. The number of nitrogens with zero attached hydrogens (tertiary/aromatic N) is 2. The van der Waals surface area contributed by atoms with Gasteiger partial charge in [0.05, 0.1) is 18.1 Å². The lowest BCUT2D eigenvalue weighted by molar-refractivity contribution is -0.131. The van der Waals surface area contributed by atoms with Crippen LogP contribution in [-0.2, 0) is 19.6 Å². The SMILES string of the molecule is CCCCCCN(CCN1CCOCC1)C(=O)CCNS(=O)(=O)c1ccccc1. The summed E-state index contributed by atoms with van der Waals surface area (Å²) >= 11 is 0. The van der Waals surface area contributed by atoms with Crippen LogP contribution < -0.4 is 4.72 Å². The van der Waals surface area contributed by atoms with E-state index >= 15 is 0 Å². The van der Waals surface area contributed by atoms with E-state index < -0.39 is 10.0 Å². The van der Waals surface area contributed by atoms with Crippen molar-refractivity contribution in [3.8, 4) is 0 Å². The number of unbranched alkanes of at least 4 members (excludes halogenated alkanes) is 3. The van der Waals surface area contributed by atoms with E-state index in [1.54, 1.807) is 30.3 Å². The first-order valence-corrected chi connectivity index (χ1v) is 12.1. The predicted molar refractivity (Wildman–Crippen MR) is 114 cm³/mol. The topological polar surface area (TPSA) is 79.0 Å². The molecule has 0 atom stereocenters. The predicted octanol–water partition coefficient (Wildman–Crippen LogP) is 2.10. The molecule has 0 saturated carbocycles. The smallest absolute Gasteiger partial charge is 0.240 e. The Morgan fingerprint density at radius 1 is 1.10 bits per heavy atom. The highest BCUT2D eigenvalue weighted by Gasteiger charge is 2.18. The van der Waals surface area contributed by atoms with E-state index in [-0.39, 0.29) is 23.8 Å². The van der Waals surface area contributed by atoms with Gasteiger partial charge in [0.2, 0.25) is 15.9 Å². The van der Waals surface area contributed by atoms with E-state index in [0.29, 0.717) is 6.54 Å². The minimum absolute atomic E-state index is 0.00511. The van der Waals surface area contributed by atoms with Crippen LogP contribution in [0, 0.1) is 0 Å². The van der Waals surface area contributed by atoms with Crippen LogP contribution in [0.5, 0.6) is 0 Å². The molecule has 1 N–H and O–H groups in total. The summed E-state index contributed by atoms with van der Waals surface area (Å²) in [5.74, 6) is 0.00511. The number of nitrogens with one attached hydrogen (secondary N) is 1. The normalized spacial score (nSPS) is 15.3. The Labute approximate surface area is 175 Å². The molecule has 7 nitrogen and oxygen atoms in total. The summed E-state index contributed by atoms with van der Waals surface area (Å²) in [6.07, 6.45) is 4.59. The van der Waals surface area contributed by atoms with Crippen LogP contribution in [0.15, 0.2) is 35.2 Å². The fourth-order valence-corrected chi connectivity index (χ4v) is 4.36. The summed E-state index contributed by atoms with van der Waals surface area (Å²) in [5, 5.41) is 0. The lowest BCUT2D eigenvalue weighted by atomic mass is 10.2. The first-order valence-electron chi connectivity index (χ1n) is 10.7. The second kappa shape index (κ2) is 13.0. The van der Waals surface area contributed by atoms with Gasteiger partial charge >= 0.3 is 0 Å². The van der Waals surface area contributed by atoms with E-state index in [9.17, 15) is 13.2 Å². The van der Waals surface area contributed by atoms with Crippen LogP contribution in [0.2, 0.25) is 0 Å². The van der Waals surface area contributed by atoms with Crippen molar-refractivity contribution < 1.29 is 17.9 Å². The van der Waals surface area contributed by atoms with Crippen LogP contribution in [0.25, 0.3) is 0 Å². The van der Waals surface area contributed by atoms with Gasteiger partial charge in [-0.15, -0.1) is 0 Å². The van der Waals surface area contributed by atoms with Crippen LogP contribution >= 0.6 is 0 Å². The van der Waals surface area contributed by atoms with Gasteiger partial charge in [-0.1, -0.05) is 44.4 Å². The summed E-state index contributed by atoms with van der Waals surface area (Å²) in [4.78, 5) is 17.2. The number of carbonyl (C=O) groups is 1. The third kappa shape index (κ3) is 8.82. The number of carbonyl (C=O) groups excluding carboxylic acids is 1. The molecule has 0 bridgehead atoms. The lowest BCUT2D eigenvalue weighted by Gasteiger charge is -2.30. The molecule has 1 aromatic carbocycles. The van der Waals surface area contributed by atoms with E-state index in [4.69, 9.17) is 4.74 Å². The minimum atomic E-state index is -3.58. The molecule has 29 heavy (non-hydrogen) atoms. The molecule has 2 rings (SSSR count). The number of ether oxygens (including phenoxy) is 1. The maximum absolute atomic E-state index is 12.7. The molecule has 164 valence electrons. The van der Waals surface area contributed by atoms with Crippen molar-refractivity contribution in [2.75, 3.05) is 52.5 Å². The molecule has 1 heterocycles. The highest BCUT2D eigenvalue weighted by atomic mass is 32.2. The van der Waals surface area contributed by atoms with Gasteiger partial charge in [0.1, 0.15) is 0 Å². The maximum atomic E-state index is 12.7. The molecule has 0 aromatic heterocycles. The van der Waals surface area contributed by atoms with Gasteiger partial charge in [-0.2, -0.15) is 0 Å². The average molecular weight is 426 g/mol. The van der Waals surface area contributed by atoms with E-state index in [0.717, 1.165) is 58.7 Å². The van der Waals surface area contributed by atoms with Crippen LogP contribution in [-0.4, -0.2) is 76.6 Å². The molecule has 0 unspecified atom stereocenters. The number of hydrogen-bond donors (Lipinski definition) is 1. The Bertz CT molecular complexity index is 691. The molecule has 8 heteroatoms. The van der Waals surface area contributed by atoms with Gasteiger partial charge in [-0.05, 0) is 18.6 Å². The molecule has 1 aliphatic rings. The molecule has 1 aromatic rings. The molecule has 1 saturated heterocycles. The second-order valence-electron chi connectivity index (χ2n) is 7.36. The molecular weight excluding hydrogens is 390 g/mol. The number of benzene rings is 1. The molecule has 0 aliphatic carbocycles. The molecule has 0 spiro atoms. The fraction of sp³-hybridized carbons (Fsp3) is 0.667. The summed E-state index contributed by atoms with van der Waals surface area (Å²) in [6.45, 7) is 7.80. The molecule has 1 fully saturated rings. The van der Waals surface area contributed by atoms with Crippen molar-refractivity contribution in [3.63, 3.8) is 0 Å². The van der Waals surface area contributed by atoms with Crippen LogP contribution in [0.1, 0.15) is 39.0 Å². The van der Waals surface area contributed by atoms with E-state index in [2.05, 4.69) is 16.5 Å². The number of morpholine rings is 1. The molecule has 1 aliphatic heterocycles. The Hall–Kier alpha value is -1.48. The van der Waals surface area contributed by atoms with Gasteiger partial charge in [0.25, 0.3) is 0 Å². The lowest BCUT2D eigenvalue weighted by Crippen LogP contribution is -2.44. The van der Waals surface area contributed by atoms with E-state index in [1.165, 1.54) is 6.42 Å². The zero-order valence-corrected chi connectivity index (χ0v) is 18.3. The standard InChI is InChI=1S/C21H35N3O4S/c1-2-3-4-8-13-24(15-14-23-16-18-28-19-17-23)21(25)11-12-22-29(26,27)20-9-6-5-7-10-20/h5-7,9-10,22H,2-4,8,11-19H2,1H3. The van der Waals surface area contributed by atoms with Gasteiger partial charge in [0, 0.05) is 45.7 Å². The quantitative estimate of drug-likeness (QED) is 0.490. The van der Waals surface area contributed by atoms with Crippen LogP contribution in [0.4, 0.5) is 0 Å².